The molecule has 2 aromatic carbocycles. The van der Waals surface area contributed by atoms with E-state index in [4.69, 9.17) is 26.3 Å². The number of aromatic nitrogens is 2. The van der Waals surface area contributed by atoms with Crippen LogP contribution in [0.15, 0.2) is 36.4 Å². The fourth-order valence-electron chi connectivity index (χ4n) is 7.86. The summed E-state index contributed by atoms with van der Waals surface area (Å²) in [4.78, 5) is 32.5. The maximum Gasteiger partial charge on any atom is 0.318 e. The standard InChI is InChI=1S/C35H41ClN8O2/c1-41-15-4-7-25(41)21-46-35-38-28-20-42(29-9-3-6-22-5-2-8-27(36)30(22)29)16-13-26(28)33(40-35)43-17-18-44(24(19-43)12-14-37)34(45)32-31(39-32)23-10-11-23/h2-3,5-6,8-9,23-25,31-32,39H,4,7,10-13,15-21H2,1H3/t24-,25-,31-,32-/m0/s1. The molecule has 8 rings (SSSR count). The number of rotatable bonds is 8. The number of benzene rings is 2. The van der Waals surface area contributed by atoms with Crippen LogP contribution < -0.4 is 19.9 Å². The molecule has 10 nitrogen and oxygen atoms in total. The Bertz CT molecular complexity index is 1690. The molecule has 3 saturated heterocycles. The number of hydrogen-bond acceptors (Lipinski definition) is 9. The minimum Gasteiger partial charge on any atom is -0.462 e. The smallest absolute Gasteiger partial charge is 0.318 e. The second kappa shape index (κ2) is 12.2. The highest BCUT2D eigenvalue weighted by Gasteiger charge is 2.53. The van der Waals surface area contributed by atoms with Gasteiger partial charge in [0.25, 0.3) is 0 Å². The van der Waals surface area contributed by atoms with Crippen LogP contribution in [0.3, 0.4) is 0 Å². The van der Waals surface area contributed by atoms with Gasteiger partial charge in [0, 0.05) is 54.9 Å². The second-order valence-corrected chi connectivity index (χ2v) is 14.0. The van der Waals surface area contributed by atoms with E-state index in [0.29, 0.717) is 63.2 Å². The summed E-state index contributed by atoms with van der Waals surface area (Å²) in [6.07, 6.45) is 5.76. The molecule has 5 heterocycles. The number of nitrogens with one attached hydrogen (secondary N) is 1. The zero-order valence-corrected chi connectivity index (χ0v) is 27.1. The summed E-state index contributed by atoms with van der Waals surface area (Å²) in [5.41, 5.74) is 3.18. The highest BCUT2D eigenvalue weighted by atomic mass is 35.5. The van der Waals surface area contributed by atoms with Crippen LogP contribution in [0, 0.1) is 17.2 Å². The van der Waals surface area contributed by atoms with Crippen molar-refractivity contribution in [2.24, 2.45) is 5.92 Å². The normalized spacial score (nSPS) is 26.2. The van der Waals surface area contributed by atoms with Crippen LogP contribution in [0.5, 0.6) is 6.01 Å². The van der Waals surface area contributed by atoms with Crippen molar-refractivity contribution < 1.29 is 9.53 Å². The molecule has 0 unspecified atom stereocenters. The van der Waals surface area contributed by atoms with Crippen molar-refractivity contribution in [1.29, 1.82) is 5.26 Å². The van der Waals surface area contributed by atoms with Gasteiger partial charge in [0.15, 0.2) is 0 Å². The number of nitrogens with zero attached hydrogens (tertiary/aromatic N) is 7. The van der Waals surface area contributed by atoms with Gasteiger partial charge in [-0.1, -0.05) is 35.9 Å². The third-order valence-corrected chi connectivity index (χ3v) is 11.0. The number of nitriles is 1. The lowest BCUT2D eigenvalue weighted by molar-refractivity contribution is -0.133. The van der Waals surface area contributed by atoms with Gasteiger partial charge in [0.1, 0.15) is 18.5 Å². The van der Waals surface area contributed by atoms with E-state index in [-0.39, 0.29) is 18.0 Å². The molecule has 3 aromatic rings. The summed E-state index contributed by atoms with van der Waals surface area (Å²) in [6.45, 7) is 4.84. The average molecular weight is 641 g/mol. The molecule has 5 aliphatic rings. The Morgan fingerprint density at radius 1 is 1.07 bits per heavy atom. The van der Waals surface area contributed by atoms with E-state index in [1.54, 1.807) is 0 Å². The van der Waals surface area contributed by atoms with Gasteiger partial charge in [0.2, 0.25) is 5.91 Å². The molecule has 240 valence electrons. The molecule has 4 aliphatic heterocycles. The molecule has 0 spiro atoms. The van der Waals surface area contributed by atoms with E-state index in [1.807, 2.05) is 17.0 Å². The number of carbonyl (C=O) groups is 1. The van der Waals surface area contributed by atoms with Crippen molar-refractivity contribution in [3.05, 3.63) is 52.7 Å². The largest absolute Gasteiger partial charge is 0.462 e. The number of piperazine rings is 1. The summed E-state index contributed by atoms with van der Waals surface area (Å²) in [5, 5.41) is 16.1. The van der Waals surface area contributed by atoms with Gasteiger partial charge >= 0.3 is 6.01 Å². The molecule has 0 radical (unpaired) electrons. The SMILES string of the molecule is CN1CCC[C@H]1COc1nc2c(c(N3CCN(C(=O)[C@H]4N[C@H]4C4CC4)[C@@H](CC#N)C3)n1)CCN(c1cccc3cccc(Cl)c13)C2. The molecule has 1 aromatic heterocycles. The topological polar surface area (TPSA) is 111 Å². The number of amides is 1. The minimum atomic E-state index is -0.187. The van der Waals surface area contributed by atoms with Crippen LogP contribution >= 0.6 is 11.6 Å². The molecule has 46 heavy (non-hydrogen) atoms. The van der Waals surface area contributed by atoms with Crippen LogP contribution in [0.1, 0.15) is 43.4 Å². The highest BCUT2D eigenvalue weighted by molar-refractivity contribution is 6.36. The number of likely N-dealkylation sites (tertiary alicyclic amines) is 1. The Labute approximate surface area is 275 Å². The van der Waals surface area contributed by atoms with Gasteiger partial charge in [-0.15, -0.1) is 0 Å². The van der Waals surface area contributed by atoms with E-state index in [9.17, 15) is 10.1 Å². The van der Waals surface area contributed by atoms with E-state index in [2.05, 4.69) is 57.4 Å². The minimum absolute atomic E-state index is 0.0886. The number of ether oxygens (including phenoxy) is 1. The van der Waals surface area contributed by atoms with Gasteiger partial charge in [-0.3, -0.25) is 10.1 Å². The molecule has 4 fully saturated rings. The molecular weight excluding hydrogens is 600 g/mol. The quantitative estimate of drug-likeness (QED) is 0.365. The zero-order valence-electron chi connectivity index (χ0n) is 26.4. The van der Waals surface area contributed by atoms with Crippen molar-refractivity contribution in [2.75, 3.05) is 56.2 Å². The first-order valence-electron chi connectivity index (χ1n) is 16.8. The van der Waals surface area contributed by atoms with Crippen molar-refractivity contribution >= 4 is 39.8 Å². The maximum atomic E-state index is 13.5. The maximum absolute atomic E-state index is 13.5. The zero-order chi connectivity index (χ0) is 31.4. The summed E-state index contributed by atoms with van der Waals surface area (Å²) in [6, 6.07) is 15.5. The number of hydrogen-bond donors (Lipinski definition) is 1. The summed E-state index contributed by atoms with van der Waals surface area (Å²) >= 11 is 6.73. The van der Waals surface area contributed by atoms with Crippen LogP contribution in [0.4, 0.5) is 11.5 Å². The number of carbonyl (C=O) groups excluding carboxylic acids is 1. The Morgan fingerprint density at radius 2 is 1.91 bits per heavy atom. The molecule has 11 heteroatoms. The Balaban J connectivity index is 1.09. The highest BCUT2D eigenvalue weighted by Crippen LogP contribution is 2.41. The lowest BCUT2D eigenvalue weighted by Gasteiger charge is -2.42. The number of halogens is 1. The Morgan fingerprint density at radius 3 is 2.70 bits per heavy atom. The van der Waals surface area contributed by atoms with Crippen molar-refractivity contribution in [3.8, 4) is 12.1 Å². The molecular formula is C35H41ClN8O2. The Hall–Kier alpha value is -3.65. The predicted octanol–water partition coefficient (Wildman–Crippen LogP) is 4.00. The van der Waals surface area contributed by atoms with Crippen molar-refractivity contribution in [2.45, 2.75) is 69.2 Å². The van der Waals surface area contributed by atoms with Crippen LogP contribution in [0.2, 0.25) is 5.02 Å². The Kier molecular flexibility index (Phi) is 7.87. The molecule has 1 saturated carbocycles. The fourth-order valence-corrected chi connectivity index (χ4v) is 8.14. The lowest BCUT2D eigenvalue weighted by Crippen LogP contribution is -2.57. The molecule has 1 amide bonds. The lowest BCUT2D eigenvalue weighted by atomic mass is 10.0. The summed E-state index contributed by atoms with van der Waals surface area (Å²) in [7, 11) is 2.15. The first-order chi connectivity index (χ1) is 22.5. The molecule has 0 bridgehead atoms. The van der Waals surface area contributed by atoms with Gasteiger partial charge in [-0.05, 0) is 69.1 Å². The second-order valence-electron chi connectivity index (χ2n) is 13.6. The van der Waals surface area contributed by atoms with Gasteiger partial charge in [-0.25, -0.2) is 0 Å². The first kappa shape index (κ1) is 29.7. The van der Waals surface area contributed by atoms with E-state index in [0.717, 1.165) is 64.5 Å². The third kappa shape index (κ3) is 5.63. The molecule has 4 atom stereocenters. The van der Waals surface area contributed by atoms with E-state index in [1.165, 1.54) is 19.3 Å². The van der Waals surface area contributed by atoms with Crippen molar-refractivity contribution in [1.82, 2.24) is 25.1 Å². The fraction of sp³-hybridized carbons (Fsp3) is 0.543. The number of fused-ring (bicyclic) bond motifs is 2. The average Bonchev–Trinajstić information content (AvgIpc) is 4.00. The van der Waals surface area contributed by atoms with Gasteiger partial charge in [-0.2, -0.15) is 15.2 Å². The third-order valence-electron chi connectivity index (χ3n) is 10.7. The van der Waals surface area contributed by atoms with Crippen LogP contribution in [-0.4, -0.2) is 96.2 Å². The van der Waals surface area contributed by atoms with Crippen LogP contribution in [-0.2, 0) is 17.8 Å². The van der Waals surface area contributed by atoms with E-state index < -0.39 is 0 Å². The van der Waals surface area contributed by atoms with Crippen LogP contribution in [0.25, 0.3) is 10.8 Å². The molecule has 1 N–H and O–H groups in total. The summed E-state index contributed by atoms with van der Waals surface area (Å²) in [5.74, 6) is 1.67. The summed E-state index contributed by atoms with van der Waals surface area (Å²) < 4.78 is 6.35. The predicted molar refractivity (Wildman–Crippen MR) is 178 cm³/mol. The van der Waals surface area contributed by atoms with E-state index >= 15 is 0 Å². The van der Waals surface area contributed by atoms with Gasteiger partial charge in [0.05, 0.1) is 35.8 Å². The monoisotopic (exact) mass is 640 g/mol. The first-order valence-corrected chi connectivity index (χ1v) is 17.2. The van der Waals surface area contributed by atoms with Crippen molar-refractivity contribution in [3.63, 3.8) is 0 Å². The van der Waals surface area contributed by atoms with Gasteiger partial charge < -0.3 is 24.3 Å². The number of anilines is 2. The number of likely N-dealkylation sites (N-methyl/N-ethyl adjacent to an activating group) is 1. The molecule has 1 aliphatic carbocycles.